The Morgan fingerprint density at radius 3 is 2.93 bits per heavy atom. The van der Waals surface area contributed by atoms with Crippen LogP contribution in [0.2, 0.25) is 0 Å². The minimum absolute atomic E-state index is 0.169. The van der Waals surface area contributed by atoms with Crippen molar-refractivity contribution in [2.45, 2.75) is 63.6 Å². The van der Waals surface area contributed by atoms with Gasteiger partial charge in [0.15, 0.2) is 6.10 Å². The zero-order chi connectivity index (χ0) is 18.5. The molecule has 1 aromatic carbocycles. The van der Waals surface area contributed by atoms with E-state index in [1.165, 1.54) is 25.7 Å². The van der Waals surface area contributed by atoms with Crippen LogP contribution in [0.5, 0.6) is 5.75 Å². The first kappa shape index (κ1) is 18.4. The van der Waals surface area contributed by atoms with Gasteiger partial charge in [-0.15, -0.1) is 0 Å². The molecule has 27 heavy (non-hydrogen) atoms. The molecular formula is C22H30N2O3. The van der Waals surface area contributed by atoms with E-state index in [9.17, 15) is 4.79 Å². The van der Waals surface area contributed by atoms with Gasteiger partial charge in [-0.05, 0) is 57.6 Å². The summed E-state index contributed by atoms with van der Waals surface area (Å²) in [4.78, 5) is 13.7. The molecule has 0 aromatic heterocycles. The van der Waals surface area contributed by atoms with Crippen molar-refractivity contribution in [3.63, 3.8) is 0 Å². The van der Waals surface area contributed by atoms with Gasteiger partial charge in [0.2, 0.25) is 0 Å². The van der Waals surface area contributed by atoms with Crippen molar-refractivity contribution >= 4 is 6.09 Å². The Morgan fingerprint density at radius 1 is 1.22 bits per heavy atom. The number of rotatable bonds is 9. The topological polar surface area (TPSA) is 50.8 Å². The van der Waals surface area contributed by atoms with Crippen LogP contribution in [-0.4, -0.2) is 42.8 Å². The van der Waals surface area contributed by atoms with Gasteiger partial charge >= 0.3 is 6.09 Å². The third-order valence-corrected chi connectivity index (χ3v) is 5.61. The van der Waals surface area contributed by atoms with Crippen LogP contribution in [0.3, 0.4) is 0 Å². The number of allylic oxidation sites excluding steroid dienone is 1. The average Bonchev–Trinajstić information content (AvgIpc) is 3.47. The van der Waals surface area contributed by atoms with Gasteiger partial charge in [0, 0.05) is 18.2 Å². The minimum Gasteiger partial charge on any atom is -0.489 e. The molecule has 1 aromatic rings. The molecule has 1 aliphatic heterocycles. The molecular weight excluding hydrogens is 340 g/mol. The standard InChI is InChI=1S/C22H30N2O3/c25-22-24(19-10-11-19)15-20(27-22)16-26-21-9-5-4-8-18(21)14-23-13-12-17-6-2-1-3-7-17/h4-6,8-9,19-20,23H,1-3,7,10-16H2. The van der Waals surface area contributed by atoms with Crippen LogP contribution in [-0.2, 0) is 11.3 Å². The van der Waals surface area contributed by atoms with Crippen molar-refractivity contribution in [1.29, 1.82) is 0 Å². The van der Waals surface area contributed by atoms with Gasteiger partial charge in [0.1, 0.15) is 12.4 Å². The zero-order valence-electron chi connectivity index (χ0n) is 16.0. The zero-order valence-corrected chi connectivity index (χ0v) is 16.0. The van der Waals surface area contributed by atoms with E-state index in [-0.39, 0.29) is 12.2 Å². The predicted octanol–water partition coefficient (Wildman–Crippen LogP) is 4.03. The summed E-state index contributed by atoms with van der Waals surface area (Å²) in [5.74, 6) is 0.878. The summed E-state index contributed by atoms with van der Waals surface area (Å²) in [6, 6.07) is 8.52. The molecule has 5 heteroatoms. The lowest BCUT2D eigenvalue weighted by Crippen LogP contribution is -2.28. The summed E-state index contributed by atoms with van der Waals surface area (Å²) in [6.45, 7) is 2.86. The van der Waals surface area contributed by atoms with Gasteiger partial charge in [-0.25, -0.2) is 4.79 Å². The Morgan fingerprint density at radius 2 is 2.11 bits per heavy atom. The molecule has 3 aliphatic rings. The highest BCUT2D eigenvalue weighted by Crippen LogP contribution is 2.31. The molecule has 0 spiro atoms. The van der Waals surface area contributed by atoms with E-state index in [4.69, 9.17) is 9.47 Å². The van der Waals surface area contributed by atoms with Crippen molar-refractivity contribution in [2.24, 2.45) is 0 Å². The molecule has 1 saturated carbocycles. The minimum atomic E-state index is -0.182. The fourth-order valence-corrected chi connectivity index (χ4v) is 3.89. The van der Waals surface area contributed by atoms with Crippen molar-refractivity contribution in [1.82, 2.24) is 10.2 Å². The first-order valence-electron chi connectivity index (χ1n) is 10.4. The van der Waals surface area contributed by atoms with E-state index in [0.717, 1.165) is 43.7 Å². The number of nitrogens with zero attached hydrogens (tertiary/aromatic N) is 1. The molecule has 146 valence electrons. The smallest absolute Gasteiger partial charge is 0.410 e. The number of para-hydroxylation sites is 1. The molecule has 1 atom stereocenters. The second-order valence-corrected chi connectivity index (χ2v) is 7.84. The fourth-order valence-electron chi connectivity index (χ4n) is 3.89. The maximum Gasteiger partial charge on any atom is 0.410 e. The van der Waals surface area contributed by atoms with Crippen LogP contribution in [0, 0.1) is 0 Å². The van der Waals surface area contributed by atoms with Crippen molar-refractivity contribution in [3.05, 3.63) is 41.5 Å². The maximum atomic E-state index is 11.9. The number of hydrogen-bond acceptors (Lipinski definition) is 4. The Hall–Kier alpha value is -2.01. The SMILES string of the molecule is O=C1OC(COc2ccccc2CNCCC2=CCCCC2)CN1C1CC1. The molecule has 1 N–H and O–H groups in total. The molecule has 1 saturated heterocycles. The Labute approximate surface area is 161 Å². The van der Waals surface area contributed by atoms with Crippen LogP contribution in [0.4, 0.5) is 4.79 Å². The molecule has 2 aliphatic carbocycles. The molecule has 0 radical (unpaired) electrons. The number of cyclic esters (lactones) is 1. The van der Waals surface area contributed by atoms with Crippen LogP contribution in [0.15, 0.2) is 35.9 Å². The third-order valence-electron chi connectivity index (χ3n) is 5.61. The second-order valence-electron chi connectivity index (χ2n) is 7.84. The number of ether oxygens (including phenoxy) is 2. The fraction of sp³-hybridized carbons (Fsp3) is 0.591. The molecule has 0 bridgehead atoms. The third kappa shape index (κ3) is 5.04. The number of hydrogen-bond donors (Lipinski definition) is 1. The molecule has 2 fully saturated rings. The van der Waals surface area contributed by atoms with E-state index in [2.05, 4.69) is 17.5 Å². The van der Waals surface area contributed by atoms with Gasteiger partial charge in [-0.1, -0.05) is 29.8 Å². The van der Waals surface area contributed by atoms with Crippen molar-refractivity contribution in [3.8, 4) is 5.75 Å². The highest BCUT2D eigenvalue weighted by Gasteiger charge is 2.41. The Bertz CT molecular complexity index is 684. The van der Waals surface area contributed by atoms with E-state index in [1.807, 2.05) is 23.1 Å². The lowest BCUT2D eigenvalue weighted by Gasteiger charge is -2.16. The van der Waals surface area contributed by atoms with Gasteiger partial charge in [0.05, 0.1) is 6.54 Å². The normalized spacial score (nSPS) is 22.5. The largest absolute Gasteiger partial charge is 0.489 e. The summed E-state index contributed by atoms with van der Waals surface area (Å²) in [5.41, 5.74) is 2.75. The predicted molar refractivity (Wildman–Crippen MR) is 105 cm³/mol. The molecule has 4 rings (SSSR count). The number of benzene rings is 1. The molecule has 1 heterocycles. The summed E-state index contributed by atoms with van der Waals surface area (Å²) >= 11 is 0. The highest BCUT2D eigenvalue weighted by molar-refractivity contribution is 5.70. The Kier molecular flexibility index (Phi) is 5.97. The van der Waals surface area contributed by atoms with Gasteiger partial charge < -0.3 is 19.7 Å². The van der Waals surface area contributed by atoms with Gasteiger partial charge in [-0.3, -0.25) is 0 Å². The number of carbonyl (C=O) groups excluding carboxylic acids is 1. The van der Waals surface area contributed by atoms with Crippen LogP contribution < -0.4 is 10.1 Å². The van der Waals surface area contributed by atoms with Crippen molar-refractivity contribution in [2.75, 3.05) is 19.7 Å². The lowest BCUT2D eigenvalue weighted by atomic mass is 9.97. The number of carbonyl (C=O) groups is 1. The monoisotopic (exact) mass is 370 g/mol. The van der Waals surface area contributed by atoms with Crippen molar-refractivity contribution < 1.29 is 14.3 Å². The summed E-state index contributed by atoms with van der Waals surface area (Å²) in [5, 5.41) is 3.54. The van der Waals surface area contributed by atoms with E-state index >= 15 is 0 Å². The first-order chi connectivity index (χ1) is 13.3. The summed E-state index contributed by atoms with van der Waals surface area (Å²) in [7, 11) is 0. The average molecular weight is 370 g/mol. The van der Waals surface area contributed by atoms with Crippen LogP contribution in [0.25, 0.3) is 0 Å². The summed E-state index contributed by atoms with van der Waals surface area (Å²) < 4.78 is 11.5. The lowest BCUT2D eigenvalue weighted by molar-refractivity contribution is 0.102. The number of amides is 1. The first-order valence-corrected chi connectivity index (χ1v) is 10.4. The Balaban J connectivity index is 1.23. The van der Waals surface area contributed by atoms with Gasteiger partial charge in [0.25, 0.3) is 0 Å². The molecule has 1 amide bonds. The number of nitrogens with one attached hydrogen (secondary N) is 1. The maximum absolute atomic E-state index is 11.9. The molecule has 1 unspecified atom stereocenters. The van der Waals surface area contributed by atoms with Crippen LogP contribution in [0.1, 0.15) is 50.5 Å². The highest BCUT2D eigenvalue weighted by atomic mass is 16.6. The van der Waals surface area contributed by atoms with Crippen LogP contribution >= 0.6 is 0 Å². The van der Waals surface area contributed by atoms with E-state index in [1.54, 1.807) is 5.57 Å². The van der Waals surface area contributed by atoms with E-state index < -0.39 is 0 Å². The van der Waals surface area contributed by atoms with E-state index in [0.29, 0.717) is 19.2 Å². The second kappa shape index (κ2) is 8.79. The summed E-state index contributed by atoms with van der Waals surface area (Å²) in [6.07, 6.45) is 10.6. The molecule has 5 nitrogen and oxygen atoms in total. The quantitative estimate of drug-likeness (QED) is 0.527. The van der Waals surface area contributed by atoms with Gasteiger partial charge in [-0.2, -0.15) is 0 Å².